The second-order valence-electron chi connectivity index (χ2n) is 3.02. The van der Waals surface area contributed by atoms with Crippen molar-refractivity contribution in [2.45, 2.75) is 11.4 Å². The molecule has 1 aliphatic heterocycles. The highest BCUT2D eigenvalue weighted by molar-refractivity contribution is 9.09. The fourth-order valence-electron chi connectivity index (χ4n) is 1.33. The van der Waals surface area contributed by atoms with Crippen molar-refractivity contribution in [3.63, 3.8) is 0 Å². The van der Waals surface area contributed by atoms with Gasteiger partial charge in [0.25, 0.3) is 0 Å². The topological polar surface area (TPSA) is 35.5 Å². The Balaban J connectivity index is 2.33. The van der Waals surface area contributed by atoms with Gasteiger partial charge in [0.1, 0.15) is 5.75 Å². The summed E-state index contributed by atoms with van der Waals surface area (Å²) in [5.74, 6) is -0.954. The van der Waals surface area contributed by atoms with E-state index in [0.717, 1.165) is 12.1 Å². The minimum absolute atomic E-state index is 0.233. The highest BCUT2D eigenvalue weighted by Gasteiger charge is 2.34. The van der Waals surface area contributed by atoms with Gasteiger partial charge in [-0.25, -0.2) is 4.79 Å². The summed E-state index contributed by atoms with van der Waals surface area (Å²) in [5.41, 5.74) is 0.558. The lowest BCUT2D eigenvalue weighted by atomic mass is 10.1. The van der Waals surface area contributed by atoms with Crippen molar-refractivity contribution in [1.82, 2.24) is 0 Å². The van der Waals surface area contributed by atoms with Gasteiger partial charge in [-0.15, -0.1) is 13.2 Å². The first kappa shape index (κ1) is 11.3. The van der Waals surface area contributed by atoms with Crippen LogP contribution in [0.25, 0.3) is 0 Å². The Morgan fingerprint density at radius 2 is 2.06 bits per heavy atom. The van der Waals surface area contributed by atoms with E-state index in [4.69, 9.17) is 4.74 Å². The first-order valence-corrected chi connectivity index (χ1v) is 5.03. The highest BCUT2D eigenvalue weighted by Crippen LogP contribution is 2.37. The predicted molar refractivity (Wildman–Crippen MR) is 50.2 cm³/mol. The molecule has 0 amide bonds. The summed E-state index contributed by atoms with van der Waals surface area (Å²) < 4.78 is 44.3. The number of rotatable bonds is 1. The van der Waals surface area contributed by atoms with Crippen molar-refractivity contribution < 1.29 is 27.4 Å². The second-order valence-corrected chi connectivity index (χ2v) is 3.85. The van der Waals surface area contributed by atoms with Crippen molar-refractivity contribution in [2.24, 2.45) is 0 Å². The molecule has 0 saturated carbocycles. The first-order chi connectivity index (χ1) is 7.37. The maximum atomic E-state index is 11.9. The third kappa shape index (κ3) is 2.13. The molecule has 86 valence electrons. The third-order valence-electron chi connectivity index (χ3n) is 1.93. The summed E-state index contributed by atoms with van der Waals surface area (Å²) >= 11 is 3.01. The fraction of sp³-hybridized carbons (Fsp3) is 0.222. The number of hydrogen-bond donors (Lipinski definition) is 0. The number of halogens is 4. The van der Waals surface area contributed by atoms with Crippen LogP contribution in [0.5, 0.6) is 5.75 Å². The maximum absolute atomic E-state index is 11.9. The number of fused-ring (bicyclic) bond motifs is 1. The molecular formula is C9H4BrF3O3. The number of ether oxygens (including phenoxy) is 2. The average Bonchev–Trinajstić information content (AvgIpc) is 2.40. The molecule has 0 radical (unpaired) electrons. The van der Waals surface area contributed by atoms with Crippen LogP contribution in [0.3, 0.4) is 0 Å². The maximum Gasteiger partial charge on any atom is 0.573 e. The van der Waals surface area contributed by atoms with Crippen LogP contribution in [0.4, 0.5) is 13.2 Å². The molecule has 0 aromatic heterocycles. The largest absolute Gasteiger partial charge is 0.573 e. The minimum Gasteiger partial charge on any atom is -0.442 e. The van der Waals surface area contributed by atoms with E-state index in [1.165, 1.54) is 6.07 Å². The quantitative estimate of drug-likeness (QED) is 0.590. The molecule has 0 spiro atoms. The Morgan fingerprint density at radius 1 is 1.38 bits per heavy atom. The number of hydrogen-bond acceptors (Lipinski definition) is 3. The van der Waals surface area contributed by atoms with E-state index in [1.54, 1.807) is 0 Å². The van der Waals surface area contributed by atoms with Crippen molar-refractivity contribution in [1.29, 1.82) is 0 Å². The van der Waals surface area contributed by atoms with E-state index in [2.05, 4.69) is 20.7 Å². The van der Waals surface area contributed by atoms with Crippen molar-refractivity contribution in [3.8, 4) is 5.75 Å². The Kier molecular flexibility index (Phi) is 2.57. The number of carbonyl (C=O) groups excluding carboxylic acids is 1. The number of esters is 1. The molecular weight excluding hydrogens is 293 g/mol. The van der Waals surface area contributed by atoms with Crippen LogP contribution in [-0.2, 0) is 4.74 Å². The summed E-state index contributed by atoms with van der Waals surface area (Å²) in [6, 6.07) is 3.42. The predicted octanol–water partition coefficient (Wildman–Crippen LogP) is 3.15. The first-order valence-electron chi connectivity index (χ1n) is 4.11. The Bertz CT molecular complexity index is 444. The van der Waals surface area contributed by atoms with Gasteiger partial charge >= 0.3 is 12.3 Å². The van der Waals surface area contributed by atoms with Crippen molar-refractivity contribution in [3.05, 3.63) is 29.3 Å². The number of benzene rings is 1. The van der Waals surface area contributed by atoms with Crippen LogP contribution in [0.2, 0.25) is 0 Å². The molecule has 16 heavy (non-hydrogen) atoms. The number of carbonyl (C=O) groups is 1. The number of cyclic esters (lactones) is 1. The van der Waals surface area contributed by atoms with E-state index in [0.29, 0.717) is 5.56 Å². The molecule has 2 rings (SSSR count). The van der Waals surface area contributed by atoms with Gasteiger partial charge in [0.15, 0.2) is 5.01 Å². The zero-order chi connectivity index (χ0) is 11.9. The Labute approximate surface area is 96.3 Å². The molecule has 1 aliphatic rings. The van der Waals surface area contributed by atoms with Gasteiger partial charge in [0.2, 0.25) is 0 Å². The summed E-state index contributed by atoms with van der Waals surface area (Å²) in [6.45, 7) is 0. The van der Waals surface area contributed by atoms with Crippen LogP contribution in [0, 0.1) is 0 Å². The van der Waals surface area contributed by atoms with Crippen molar-refractivity contribution in [2.75, 3.05) is 0 Å². The highest BCUT2D eigenvalue weighted by atomic mass is 79.9. The van der Waals surface area contributed by atoms with E-state index in [1.807, 2.05) is 0 Å². The molecule has 1 aromatic rings. The number of alkyl halides is 4. The smallest absolute Gasteiger partial charge is 0.442 e. The summed E-state index contributed by atoms with van der Waals surface area (Å²) in [4.78, 5) is 11.2. The lowest BCUT2D eigenvalue weighted by Crippen LogP contribution is -2.17. The van der Waals surface area contributed by atoms with Crippen LogP contribution in [0.1, 0.15) is 20.9 Å². The van der Waals surface area contributed by atoms with Gasteiger partial charge in [0.05, 0.1) is 5.56 Å². The standard InChI is InChI=1S/C9H4BrF3O3/c10-7-6-3-4(16-9(11,12)13)1-2-5(6)8(14)15-7/h1-3,7H. The average molecular weight is 297 g/mol. The molecule has 7 heteroatoms. The van der Waals surface area contributed by atoms with Gasteiger partial charge in [0, 0.05) is 5.56 Å². The van der Waals surface area contributed by atoms with Crippen LogP contribution < -0.4 is 4.74 Å². The summed E-state index contributed by atoms with van der Waals surface area (Å²) in [6.07, 6.45) is -4.75. The normalized spacial score (nSPS) is 19.2. The van der Waals surface area contributed by atoms with Gasteiger partial charge in [-0.3, -0.25) is 0 Å². The molecule has 1 aromatic carbocycles. The molecule has 0 saturated heterocycles. The summed E-state index contributed by atoms with van der Waals surface area (Å²) in [5, 5.41) is -0.730. The Morgan fingerprint density at radius 3 is 2.69 bits per heavy atom. The lowest BCUT2D eigenvalue weighted by molar-refractivity contribution is -0.274. The molecule has 1 atom stereocenters. The van der Waals surface area contributed by atoms with Crippen LogP contribution in [0.15, 0.2) is 18.2 Å². The molecule has 0 N–H and O–H groups in total. The van der Waals surface area contributed by atoms with Gasteiger partial charge in [-0.1, -0.05) is 0 Å². The van der Waals surface area contributed by atoms with Crippen LogP contribution in [-0.4, -0.2) is 12.3 Å². The molecule has 0 bridgehead atoms. The molecule has 0 aliphatic carbocycles. The zero-order valence-corrected chi connectivity index (χ0v) is 9.13. The van der Waals surface area contributed by atoms with E-state index < -0.39 is 17.3 Å². The van der Waals surface area contributed by atoms with Gasteiger partial charge in [-0.2, -0.15) is 0 Å². The van der Waals surface area contributed by atoms with E-state index >= 15 is 0 Å². The minimum atomic E-state index is -4.75. The Hall–Kier alpha value is -1.24. The fourth-order valence-corrected chi connectivity index (χ4v) is 1.88. The van der Waals surface area contributed by atoms with Crippen LogP contribution >= 0.6 is 15.9 Å². The SMILES string of the molecule is O=C1OC(Br)c2cc(OC(F)(F)F)ccc21. The molecule has 1 heterocycles. The van der Waals surface area contributed by atoms with E-state index in [9.17, 15) is 18.0 Å². The van der Waals surface area contributed by atoms with Gasteiger partial charge < -0.3 is 9.47 Å². The van der Waals surface area contributed by atoms with Crippen molar-refractivity contribution >= 4 is 21.9 Å². The van der Waals surface area contributed by atoms with Gasteiger partial charge in [-0.05, 0) is 34.1 Å². The lowest BCUT2D eigenvalue weighted by Gasteiger charge is -2.09. The second kappa shape index (κ2) is 3.65. The summed E-state index contributed by atoms with van der Waals surface area (Å²) in [7, 11) is 0. The van der Waals surface area contributed by atoms with E-state index in [-0.39, 0.29) is 11.3 Å². The molecule has 3 nitrogen and oxygen atoms in total. The molecule has 1 unspecified atom stereocenters. The monoisotopic (exact) mass is 296 g/mol. The molecule has 0 fully saturated rings. The zero-order valence-electron chi connectivity index (χ0n) is 7.55. The third-order valence-corrected chi connectivity index (χ3v) is 2.61.